The lowest BCUT2D eigenvalue weighted by Gasteiger charge is -2.20. The van der Waals surface area contributed by atoms with Crippen LogP contribution in [-0.4, -0.2) is 64.6 Å². The largest absolute Gasteiger partial charge is 0.481 e. The van der Waals surface area contributed by atoms with Crippen molar-refractivity contribution in [1.29, 1.82) is 0 Å². The predicted molar refractivity (Wildman–Crippen MR) is 75.8 cm³/mol. The zero-order valence-electron chi connectivity index (χ0n) is 11.5. The zero-order valence-corrected chi connectivity index (χ0v) is 12.3. The summed E-state index contributed by atoms with van der Waals surface area (Å²) in [5.74, 6) is -3.56. The van der Waals surface area contributed by atoms with E-state index in [1.165, 1.54) is 11.8 Å². The van der Waals surface area contributed by atoms with E-state index in [1.807, 2.05) is 6.26 Å². The van der Waals surface area contributed by atoms with Gasteiger partial charge in [-0.05, 0) is 18.4 Å². The number of carboxylic acid groups (broad SMARTS) is 2. The summed E-state index contributed by atoms with van der Waals surface area (Å²) in [6.07, 6.45) is 1.34. The first kappa shape index (κ1) is 19.2. The summed E-state index contributed by atoms with van der Waals surface area (Å²) in [5.41, 5.74) is 5.14. The second-order valence-corrected chi connectivity index (χ2v) is 5.09. The summed E-state index contributed by atoms with van der Waals surface area (Å²) in [6, 6.07) is -2.51. The number of thioether (sulfide) groups is 1. The van der Waals surface area contributed by atoms with Crippen molar-refractivity contribution < 1.29 is 29.4 Å². The van der Waals surface area contributed by atoms with E-state index in [4.69, 9.17) is 15.9 Å². The minimum Gasteiger partial charge on any atom is -0.481 e. The number of rotatable bonds is 10. The van der Waals surface area contributed by atoms with E-state index in [0.717, 1.165) is 0 Å². The van der Waals surface area contributed by atoms with Crippen molar-refractivity contribution in [3.05, 3.63) is 0 Å². The number of amides is 2. The maximum Gasteiger partial charge on any atom is 0.326 e. The summed E-state index contributed by atoms with van der Waals surface area (Å²) in [4.78, 5) is 44.7. The van der Waals surface area contributed by atoms with Crippen LogP contribution in [0.1, 0.15) is 12.8 Å². The Morgan fingerprint density at radius 2 is 1.76 bits per heavy atom. The van der Waals surface area contributed by atoms with Gasteiger partial charge in [0, 0.05) is 0 Å². The highest BCUT2D eigenvalue weighted by atomic mass is 32.2. The van der Waals surface area contributed by atoms with Gasteiger partial charge in [0.2, 0.25) is 11.8 Å². The summed E-state index contributed by atoms with van der Waals surface area (Å²) < 4.78 is 0. The molecule has 2 amide bonds. The minimum absolute atomic E-state index is 0.276. The topological polar surface area (TPSA) is 159 Å². The highest BCUT2D eigenvalue weighted by molar-refractivity contribution is 7.98. The van der Waals surface area contributed by atoms with Crippen LogP contribution in [0.5, 0.6) is 0 Å². The molecule has 0 fully saturated rings. The first-order valence-corrected chi connectivity index (χ1v) is 7.44. The highest BCUT2D eigenvalue weighted by Gasteiger charge is 2.27. The number of nitrogens with one attached hydrogen (secondary N) is 2. The third-order valence-electron chi connectivity index (χ3n) is 2.44. The van der Waals surface area contributed by atoms with Crippen LogP contribution < -0.4 is 16.4 Å². The average molecular weight is 321 g/mol. The molecule has 0 saturated heterocycles. The molecular weight excluding hydrogens is 302 g/mol. The molecule has 0 aliphatic rings. The Bertz CT molecular complexity index is 403. The molecule has 0 aromatic carbocycles. The van der Waals surface area contributed by atoms with Gasteiger partial charge in [0.05, 0.1) is 13.0 Å². The molecule has 0 rings (SSSR count). The molecule has 0 bridgehead atoms. The number of hydrogen-bond acceptors (Lipinski definition) is 6. The van der Waals surface area contributed by atoms with Gasteiger partial charge in [-0.3, -0.25) is 14.4 Å². The van der Waals surface area contributed by atoms with Gasteiger partial charge in [0.15, 0.2) is 0 Å². The molecule has 0 saturated carbocycles. The Labute approximate surface area is 125 Å². The zero-order chi connectivity index (χ0) is 16.4. The van der Waals surface area contributed by atoms with E-state index in [0.29, 0.717) is 5.75 Å². The average Bonchev–Trinajstić information content (AvgIpc) is 2.41. The molecule has 2 atom stereocenters. The molecule has 0 unspecified atom stereocenters. The fourth-order valence-corrected chi connectivity index (χ4v) is 1.88. The second kappa shape index (κ2) is 10.00. The highest BCUT2D eigenvalue weighted by Crippen LogP contribution is 2.03. The van der Waals surface area contributed by atoms with Crippen molar-refractivity contribution in [2.45, 2.75) is 24.9 Å². The number of hydrogen-bond donors (Lipinski definition) is 5. The Morgan fingerprint density at radius 3 is 2.19 bits per heavy atom. The van der Waals surface area contributed by atoms with Crippen LogP contribution in [0.4, 0.5) is 0 Å². The van der Waals surface area contributed by atoms with Crippen LogP contribution in [0.25, 0.3) is 0 Å². The summed E-state index contributed by atoms with van der Waals surface area (Å²) in [5, 5.41) is 21.9. The summed E-state index contributed by atoms with van der Waals surface area (Å²) in [6.45, 7) is -0.305. The van der Waals surface area contributed by atoms with Crippen LogP contribution in [0, 0.1) is 0 Å². The van der Waals surface area contributed by atoms with Gasteiger partial charge in [-0.1, -0.05) is 0 Å². The molecule has 0 radical (unpaired) electrons. The fraction of sp³-hybridized carbons (Fsp3) is 0.636. The molecule has 21 heavy (non-hydrogen) atoms. The molecular formula is C11H19N3O6S. The molecule has 0 spiro atoms. The van der Waals surface area contributed by atoms with Crippen molar-refractivity contribution in [3.8, 4) is 0 Å². The number of carboxylic acids is 2. The Morgan fingerprint density at radius 1 is 1.14 bits per heavy atom. The fourth-order valence-electron chi connectivity index (χ4n) is 1.40. The number of aliphatic carboxylic acids is 2. The van der Waals surface area contributed by atoms with Gasteiger partial charge in [-0.15, -0.1) is 0 Å². The first-order chi connectivity index (χ1) is 9.81. The quantitative estimate of drug-likeness (QED) is 0.316. The van der Waals surface area contributed by atoms with Gasteiger partial charge < -0.3 is 26.6 Å². The van der Waals surface area contributed by atoms with Crippen molar-refractivity contribution in [1.82, 2.24) is 10.6 Å². The van der Waals surface area contributed by atoms with Crippen molar-refractivity contribution in [3.63, 3.8) is 0 Å². The molecule has 6 N–H and O–H groups in total. The van der Waals surface area contributed by atoms with Crippen LogP contribution in [-0.2, 0) is 19.2 Å². The molecule has 0 aliphatic heterocycles. The monoisotopic (exact) mass is 321 g/mol. The maximum absolute atomic E-state index is 12.0. The van der Waals surface area contributed by atoms with E-state index >= 15 is 0 Å². The van der Waals surface area contributed by atoms with Crippen molar-refractivity contribution in [2.75, 3.05) is 18.6 Å². The van der Waals surface area contributed by atoms with E-state index < -0.39 is 42.3 Å². The SMILES string of the molecule is CSCC[C@H](NC(=O)CN)C(=O)N[C@@H](CC(=O)O)C(=O)O. The van der Waals surface area contributed by atoms with Crippen LogP contribution in [0.15, 0.2) is 0 Å². The van der Waals surface area contributed by atoms with Gasteiger partial charge in [0.25, 0.3) is 0 Å². The third kappa shape index (κ3) is 8.15. The predicted octanol–water partition coefficient (Wildman–Crippen LogP) is -1.77. The molecule has 0 aromatic rings. The number of carbonyl (C=O) groups excluding carboxylic acids is 2. The Hall–Kier alpha value is -1.81. The second-order valence-electron chi connectivity index (χ2n) is 4.10. The van der Waals surface area contributed by atoms with Gasteiger partial charge in [-0.2, -0.15) is 11.8 Å². The smallest absolute Gasteiger partial charge is 0.326 e. The lowest BCUT2D eigenvalue weighted by Crippen LogP contribution is -2.53. The third-order valence-corrected chi connectivity index (χ3v) is 3.09. The molecule has 0 heterocycles. The van der Waals surface area contributed by atoms with Crippen molar-refractivity contribution in [2.24, 2.45) is 5.73 Å². The van der Waals surface area contributed by atoms with Gasteiger partial charge in [-0.25, -0.2) is 4.79 Å². The van der Waals surface area contributed by atoms with E-state index in [2.05, 4.69) is 10.6 Å². The van der Waals surface area contributed by atoms with E-state index in [-0.39, 0.29) is 13.0 Å². The molecule has 9 nitrogen and oxygen atoms in total. The van der Waals surface area contributed by atoms with Gasteiger partial charge in [0.1, 0.15) is 12.1 Å². The Kier molecular flexibility index (Phi) is 9.13. The first-order valence-electron chi connectivity index (χ1n) is 6.05. The normalized spacial score (nSPS) is 13.0. The van der Waals surface area contributed by atoms with Crippen LogP contribution >= 0.6 is 11.8 Å². The van der Waals surface area contributed by atoms with E-state index in [9.17, 15) is 19.2 Å². The Balaban J connectivity index is 4.78. The molecule has 120 valence electrons. The lowest BCUT2D eigenvalue weighted by molar-refractivity contribution is -0.147. The summed E-state index contributed by atoms with van der Waals surface area (Å²) >= 11 is 1.44. The lowest BCUT2D eigenvalue weighted by atomic mass is 10.1. The standard InChI is InChI=1S/C11H19N3O6S/c1-21-3-2-6(13-8(15)5-12)10(18)14-7(11(19)20)4-9(16)17/h6-7H,2-5,12H2,1H3,(H,13,15)(H,14,18)(H,16,17)(H,19,20)/t6-,7-/m0/s1. The molecule has 10 heteroatoms. The minimum atomic E-state index is -1.55. The van der Waals surface area contributed by atoms with Crippen LogP contribution in [0.3, 0.4) is 0 Å². The maximum atomic E-state index is 12.0. The number of nitrogens with two attached hydrogens (primary N) is 1. The summed E-state index contributed by atoms with van der Waals surface area (Å²) in [7, 11) is 0. The van der Waals surface area contributed by atoms with Crippen LogP contribution in [0.2, 0.25) is 0 Å². The molecule has 0 aromatic heterocycles. The van der Waals surface area contributed by atoms with Gasteiger partial charge >= 0.3 is 11.9 Å². The molecule has 0 aliphatic carbocycles. The number of carbonyl (C=O) groups is 4. The van der Waals surface area contributed by atoms with E-state index in [1.54, 1.807) is 0 Å². The van der Waals surface area contributed by atoms with Crippen molar-refractivity contribution >= 4 is 35.5 Å².